The largest absolute Gasteiger partial charge is 0.571 e. The van der Waals surface area contributed by atoms with Crippen LogP contribution in [0.4, 0.5) is 0 Å². The van der Waals surface area contributed by atoms with Crippen molar-refractivity contribution in [2.24, 2.45) is 0 Å². The van der Waals surface area contributed by atoms with Crippen LogP contribution in [0.25, 0.3) is 0 Å². The molecule has 1 nitrogen and oxygen atoms in total. The molecule has 0 unspecified atom stereocenters. The van der Waals surface area contributed by atoms with Gasteiger partial charge in [-0.15, -0.1) is 0 Å². The molecule has 0 aliphatic carbocycles. The highest BCUT2D eigenvalue weighted by Crippen LogP contribution is 2.22. The van der Waals surface area contributed by atoms with E-state index in [0.29, 0.717) is 15.6 Å². The van der Waals surface area contributed by atoms with E-state index in [-0.39, 0.29) is 3.91 Å². The Morgan fingerprint density at radius 3 is 2.50 bits per heavy atom. The molecule has 1 rings (SSSR count). The highest BCUT2D eigenvalue weighted by atomic mass is 79.9. The molecule has 60 valence electrons. The van der Waals surface area contributed by atoms with Crippen LogP contribution < -0.4 is 0 Å². The summed E-state index contributed by atoms with van der Waals surface area (Å²) in [7, 11) is 0. The van der Waals surface area contributed by atoms with Crippen molar-refractivity contribution < 1.29 is 4.79 Å². The fourth-order valence-corrected chi connectivity index (χ4v) is 2.39. The SMILES string of the molecule is O=[C]([Mg][Br])c1ccc(Cl)c(Cl)c1. The predicted molar refractivity (Wildman–Crippen MR) is 55.5 cm³/mol. The molecule has 0 saturated carbocycles. The van der Waals surface area contributed by atoms with Crippen LogP contribution in [-0.4, -0.2) is 22.1 Å². The van der Waals surface area contributed by atoms with Gasteiger partial charge in [-0.3, -0.25) is 12.9 Å². The van der Waals surface area contributed by atoms with Crippen LogP contribution in [0.3, 0.4) is 0 Å². The topological polar surface area (TPSA) is 17.1 Å². The zero-order valence-electron chi connectivity index (χ0n) is 5.98. The van der Waals surface area contributed by atoms with Gasteiger partial charge in [-0.05, 0) is 17.7 Å². The van der Waals surface area contributed by atoms with Gasteiger partial charge >= 0.3 is 18.2 Å². The van der Waals surface area contributed by atoms with Gasteiger partial charge in [0.15, 0.2) is 0 Å². The average molecular weight is 278 g/mol. The normalized spacial score (nSPS) is 9.25. The first-order valence-corrected chi connectivity index (χ1v) is 8.55. The number of halogens is 3. The van der Waals surface area contributed by atoms with Crippen LogP contribution in [-0.2, 0) is 0 Å². The van der Waals surface area contributed by atoms with Crippen molar-refractivity contribution in [2.75, 3.05) is 0 Å². The molecular weight excluding hydrogens is 275 g/mol. The Hall–Kier alpha value is 0.716. The lowest BCUT2D eigenvalue weighted by Crippen LogP contribution is -2.02. The monoisotopic (exact) mass is 276 g/mol. The van der Waals surface area contributed by atoms with E-state index in [1.54, 1.807) is 18.2 Å². The highest BCUT2D eigenvalue weighted by molar-refractivity contribution is 9.24. The van der Waals surface area contributed by atoms with E-state index in [4.69, 9.17) is 23.2 Å². The van der Waals surface area contributed by atoms with Crippen LogP contribution in [0, 0.1) is 0 Å². The summed E-state index contributed by atoms with van der Waals surface area (Å²) in [6.45, 7) is 0. The summed E-state index contributed by atoms with van der Waals surface area (Å²) in [5, 5.41) is 0.905. The van der Waals surface area contributed by atoms with Crippen LogP contribution in [0.2, 0.25) is 10.0 Å². The number of hydrogen-bond acceptors (Lipinski definition) is 1. The summed E-state index contributed by atoms with van der Waals surface area (Å²) in [6.07, 6.45) is 0. The van der Waals surface area contributed by atoms with Crippen LogP contribution in [0.15, 0.2) is 18.2 Å². The summed E-state index contributed by atoms with van der Waals surface area (Å²) >= 11 is 13.8. The minimum absolute atomic E-state index is 0.133. The molecule has 0 saturated heterocycles. The summed E-state index contributed by atoms with van der Waals surface area (Å²) in [5.74, 6) is 0. The highest BCUT2D eigenvalue weighted by Gasteiger charge is 2.08. The zero-order valence-corrected chi connectivity index (χ0v) is 10.5. The van der Waals surface area contributed by atoms with Crippen LogP contribution in [0.5, 0.6) is 0 Å². The lowest BCUT2D eigenvalue weighted by Gasteiger charge is -1.99. The molecule has 1 aromatic rings. The van der Waals surface area contributed by atoms with E-state index in [0.717, 1.165) is 0 Å². The van der Waals surface area contributed by atoms with Crippen molar-refractivity contribution in [3.63, 3.8) is 0 Å². The zero-order chi connectivity index (χ0) is 9.14. The smallest absolute Gasteiger partial charge is 0.329 e. The number of carbonyl (C=O) groups excluding carboxylic acids is 1. The predicted octanol–water partition coefficient (Wildman–Crippen LogP) is 3.15. The molecule has 0 amide bonds. The maximum atomic E-state index is 11.2. The third-order valence-electron chi connectivity index (χ3n) is 1.36. The van der Waals surface area contributed by atoms with Crippen LogP contribution in [0.1, 0.15) is 10.4 Å². The molecule has 0 radical (unpaired) electrons. The maximum Gasteiger partial charge on any atom is 0.571 e. The van der Waals surface area contributed by atoms with Crippen molar-refractivity contribution in [3.05, 3.63) is 33.8 Å². The van der Waals surface area contributed by atoms with E-state index in [1.807, 2.05) is 0 Å². The minimum atomic E-state index is -0.816. The summed E-state index contributed by atoms with van der Waals surface area (Å²) in [4.78, 5) is 11.2. The molecule has 0 fully saturated rings. The van der Waals surface area contributed by atoms with E-state index >= 15 is 0 Å². The molecule has 0 aliphatic heterocycles. The van der Waals surface area contributed by atoms with Crippen molar-refractivity contribution in [1.29, 1.82) is 0 Å². The molecule has 5 heteroatoms. The van der Waals surface area contributed by atoms with Crippen molar-refractivity contribution in [3.8, 4) is 0 Å². The van der Waals surface area contributed by atoms with E-state index in [2.05, 4.69) is 12.9 Å². The lowest BCUT2D eigenvalue weighted by atomic mass is 10.2. The Bertz CT molecular complexity index is 316. The third kappa shape index (κ3) is 2.60. The van der Waals surface area contributed by atoms with E-state index in [9.17, 15) is 4.79 Å². The van der Waals surface area contributed by atoms with Crippen molar-refractivity contribution >= 4 is 58.2 Å². The minimum Gasteiger partial charge on any atom is -0.329 e. The molecule has 0 atom stereocenters. The number of carbonyl (C=O) groups is 1. The lowest BCUT2D eigenvalue weighted by molar-refractivity contribution is 0.107. The number of rotatable bonds is 2. The maximum absolute atomic E-state index is 11.2. The number of hydrogen-bond donors (Lipinski definition) is 0. The Balaban J connectivity index is 3.05. The summed E-state index contributed by atoms with van der Waals surface area (Å²) in [5.41, 5.74) is 0.632. The molecule has 0 aliphatic rings. The van der Waals surface area contributed by atoms with Gasteiger partial charge in [0.25, 0.3) is 0 Å². The quantitative estimate of drug-likeness (QED) is 0.759. The fourth-order valence-electron chi connectivity index (χ4n) is 0.747. The van der Waals surface area contributed by atoms with Gasteiger partial charge in [-0.25, -0.2) is 0 Å². The molecule has 0 N–H and O–H groups in total. The van der Waals surface area contributed by atoms with Crippen molar-refractivity contribution in [2.45, 2.75) is 0 Å². The van der Waals surface area contributed by atoms with Gasteiger partial charge < -0.3 is 4.79 Å². The van der Waals surface area contributed by atoms with Gasteiger partial charge in [-0.2, -0.15) is 0 Å². The molecule has 0 bridgehead atoms. The Labute approximate surface area is 96.0 Å². The third-order valence-corrected chi connectivity index (χ3v) is 4.28. The van der Waals surface area contributed by atoms with Gasteiger partial charge in [0.1, 0.15) is 0 Å². The first-order chi connectivity index (χ1) is 5.65. The standard InChI is InChI=1S/C7H3Cl2O.BrH.Mg/c8-6-2-1-5(4-10)3-7(6)9;;/h1-3H;1H;/q;;+1/p-1. The molecule has 1 aromatic carbocycles. The van der Waals surface area contributed by atoms with Crippen molar-refractivity contribution in [1.82, 2.24) is 0 Å². The first kappa shape index (κ1) is 10.8. The molecule has 12 heavy (non-hydrogen) atoms. The second-order valence-corrected chi connectivity index (χ2v) is 5.59. The van der Waals surface area contributed by atoms with E-state index in [1.165, 1.54) is 0 Å². The molecule has 0 spiro atoms. The second kappa shape index (κ2) is 4.81. The Kier molecular flexibility index (Phi) is 4.33. The molecule has 0 heterocycles. The molecule has 0 aromatic heterocycles. The fraction of sp³-hybridized carbons (Fsp3) is 0. The van der Waals surface area contributed by atoms with Crippen LogP contribution >= 0.6 is 36.1 Å². The van der Waals surface area contributed by atoms with E-state index < -0.39 is 18.2 Å². The second-order valence-electron chi connectivity index (χ2n) is 2.19. The molecular formula is C7H3BrCl2MgO. The summed E-state index contributed by atoms with van der Waals surface area (Å²) in [6, 6.07) is 4.92. The Morgan fingerprint density at radius 2 is 2.00 bits per heavy atom. The Morgan fingerprint density at radius 1 is 1.33 bits per heavy atom. The van der Waals surface area contributed by atoms with Gasteiger partial charge in [0.05, 0.1) is 10.0 Å². The average Bonchev–Trinajstić information content (AvgIpc) is 2.08. The van der Waals surface area contributed by atoms with Gasteiger partial charge in [0, 0.05) is 3.91 Å². The van der Waals surface area contributed by atoms with Gasteiger partial charge in [0.2, 0.25) is 0 Å². The number of benzene rings is 1. The first-order valence-electron chi connectivity index (χ1n) is 3.19. The summed E-state index contributed by atoms with van der Waals surface area (Å²) < 4.78 is 0.133. The van der Waals surface area contributed by atoms with Gasteiger partial charge in [-0.1, -0.05) is 29.3 Å².